The lowest BCUT2D eigenvalue weighted by molar-refractivity contribution is 0.411. The maximum atomic E-state index is 10.4. The molecule has 0 aliphatic carbocycles. The van der Waals surface area contributed by atoms with Crippen LogP contribution in [0.3, 0.4) is 0 Å². The molecule has 0 unspecified atom stereocenters. The van der Waals surface area contributed by atoms with Crippen LogP contribution in [0.1, 0.15) is 0 Å². The minimum absolute atomic E-state index is 0.140. The van der Waals surface area contributed by atoms with E-state index < -0.39 is 7.12 Å². The summed E-state index contributed by atoms with van der Waals surface area (Å²) in [6.07, 6.45) is 0. The van der Waals surface area contributed by atoms with Gasteiger partial charge in [0, 0.05) is 16.7 Å². The van der Waals surface area contributed by atoms with Gasteiger partial charge in [-0.15, -0.1) is 0 Å². The molecule has 0 spiro atoms. The van der Waals surface area contributed by atoms with E-state index in [1.54, 1.807) is 0 Å². The SMILES string of the molecule is OB(O)c1oc(-c2ccc3ccc4cccc5ccc2c3c45)c(-c2ccccc2)c1-c1ccccc1. The molecule has 0 aliphatic rings. The van der Waals surface area contributed by atoms with Crippen LogP contribution in [0, 0.1) is 0 Å². The van der Waals surface area contributed by atoms with Gasteiger partial charge in [0.15, 0.2) is 0 Å². The van der Waals surface area contributed by atoms with Crippen molar-refractivity contribution in [2.24, 2.45) is 0 Å². The Hall–Kier alpha value is -4.38. The molecule has 0 saturated heterocycles. The number of furan rings is 1. The third kappa shape index (κ3) is 3.09. The zero-order valence-corrected chi connectivity index (χ0v) is 19.3. The van der Waals surface area contributed by atoms with E-state index in [0.29, 0.717) is 11.3 Å². The summed E-state index contributed by atoms with van der Waals surface area (Å²) in [6, 6.07) is 39.0. The third-order valence-electron chi connectivity index (χ3n) is 7.07. The molecular weight excluding hydrogens is 443 g/mol. The predicted molar refractivity (Wildman–Crippen MR) is 149 cm³/mol. The summed E-state index contributed by atoms with van der Waals surface area (Å²) in [5, 5.41) is 27.8. The van der Waals surface area contributed by atoms with Crippen LogP contribution in [-0.2, 0) is 0 Å². The fourth-order valence-corrected chi connectivity index (χ4v) is 5.53. The largest absolute Gasteiger partial charge is 0.527 e. The molecule has 1 aromatic heterocycles. The molecule has 2 N–H and O–H groups in total. The first kappa shape index (κ1) is 21.0. The molecule has 0 bridgehead atoms. The van der Waals surface area contributed by atoms with Gasteiger partial charge in [-0.1, -0.05) is 109 Å². The van der Waals surface area contributed by atoms with Crippen LogP contribution in [0.2, 0.25) is 0 Å². The van der Waals surface area contributed by atoms with Crippen molar-refractivity contribution in [1.29, 1.82) is 0 Å². The number of hydrogen-bond donors (Lipinski definition) is 2. The summed E-state index contributed by atoms with van der Waals surface area (Å²) in [6.45, 7) is 0. The predicted octanol–water partition coefficient (Wildman–Crippen LogP) is 6.86. The molecular formula is C32H21BO3. The number of benzene rings is 6. The Balaban J connectivity index is 1.63. The van der Waals surface area contributed by atoms with E-state index in [-0.39, 0.29) is 5.66 Å². The molecule has 0 fully saturated rings. The topological polar surface area (TPSA) is 53.6 Å². The first-order valence-electron chi connectivity index (χ1n) is 12.0. The van der Waals surface area contributed by atoms with Gasteiger partial charge in [0.1, 0.15) is 11.4 Å². The molecule has 1 heterocycles. The molecule has 0 aliphatic heterocycles. The minimum atomic E-state index is -1.75. The molecule has 0 atom stereocenters. The monoisotopic (exact) mass is 464 g/mol. The van der Waals surface area contributed by atoms with Gasteiger partial charge in [0.2, 0.25) is 0 Å². The fraction of sp³-hybridized carbons (Fsp3) is 0. The highest BCUT2D eigenvalue weighted by atomic mass is 16.4. The zero-order valence-electron chi connectivity index (χ0n) is 19.3. The van der Waals surface area contributed by atoms with Crippen molar-refractivity contribution in [2.75, 3.05) is 0 Å². The highest BCUT2D eigenvalue weighted by Gasteiger charge is 2.31. The highest BCUT2D eigenvalue weighted by molar-refractivity contribution is 6.59. The van der Waals surface area contributed by atoms with Crippen molar-refractivity contribution < 1.29 is 14.5 Å². The normalized spacial score (nSPS) is 11.6. The number of hydrogen-bond acceptors (Lipinski definition) is 3. The highest BCUT2D eigenvalue weighted by Crippen LogP contribution is 2.45. The summed E-state index contributed by atoms with van der Waals surface area (Å²) in [5.41, 5.74) is 4.42. The van der Waals surface area contributed by atoms with Crippen LogP contribution >= 0.6 is 0 Å². The van der Waals surface area contributed by atoms with Crippen LogP contribution in [-0.4, -0.2) is 17.2 Å². The van der Waals surface area contributed by atoms with Gasteiger partial charge < -0.3 is 14.5 Å². The molecule has 170 valence electrons. The summed E-state index contributed by atoms with van der Waals surface area (Å²) in [7, 11) is -1.75. The summed E-state index contributed by atoms with van der Waals surface area (Å²) in [5.74, 6) is 0.626. The van der Waals surface area contributed by atoms with Crippen LogP contribution in [0.15, 0.2) is 120 Å². The first-order valence-corrected chi connectivity index (χ1v) is 12.0. The molecule has 7 rings (SSSR count). The Morgan fingerprint density at radius 1 is 0.500 bits per heavy atom. The Morgan fingerprint density at radius 2 is 1.06 bits per heavy atom. The zero-order chi connectivity index (χ0) is 24.2. The van der Waals surface area contributed by atoms with E-state index in [4.69, 9.17) is 4.42 Å². The van der Waals surface area contributed by atoms with E-state index in [1.807, 2.05) is 60.7 Å². The molecule has 0 amide bonds. The van der Waals surface area contributed by atoms with Crippen LogP contribution < -0.4 is 5.66 Å². The maximum Gasteiger partial charge on any atom is 0.527 e. The van der Waals surface area contributed by atoms with Crippen molar-refractivity contribution >= 4 is 45.1 Å². The Morgan fingerprint density at radius 3 is 1.69 bits per heavy atom. The molecule has 36 heavy (non-hydrogen) atoms. The van der Waals surface area contributed by atoms with Gasteiger partial charge in [0.05, 0.1) is 0 Å². The van der Waals surface area contributed by atoms with Crippen LogP contribution in [0.25, 0.3) is 65.9 Å². The summed E-state index contributed by atoms with van der Waals surface area (Å²) in [4.78, 5) is 0. The van der Waals surface area contributed by atoms with E-state index in [1.165, 1.54) is 21.5 Å². The average Bonchev–Trinajstić information content (AvgIpc) is 3.33. The smallest absolute Gasteiger partial charge is 0.463 e. The van der Waals surface area contributed by atoms with Crippen LogP contribution in [0.4, 0.5) is 0 Å². The minimum Gasteiger partial charge on any atom is -0.463 e. The Kier molecular flexibility index (Phi) is 4.71. The summed E-state index contributed by atoms with van der Waals surface area (Å²) >= 11 is 0. The fourth-order valence-electron chi connectivity index (χ4n) is 5.53. The lowest BCUT2D eigenvalue weighted by atomic mass is 9.80. The molecule has 0 saturated carbocycles. The second-order valence-corrected chi connectivity index (χ2v) is 9.12. The Bertz CT molecular complexity index is 1840. The van der Waals surface area contributed by atoms with Crippen molar-refractivity contribution in [3.8, 4) is 33.6 Å². The molecule has 0 radical (unpaired) electrons. The second kappa shape index (κ2) is 8.09. The third-order valence-corrected chi connectivity index (χ3v) is 7.07. The van der Waals surface area contributed by atoms with E-state index in [9.17, 15) is 10.0 Å². The van der Waals surface area contributed by atoms with Crippen LogP contribution in [0.5, 0.6) is 0 Å². The lowest BCUT2D eigenvalue weighted by Crippen LogP contribution is -2.30. The van der Waals surface area contributed by atoms with Gasteiger partial charge in [-0.2, -0.15) is 0 Å². The average molecular weight is 464 g/mol. The van der Waals surface area contributed by atoms with Gasteiger partial charge >= 0.3 is 7.12 Å². The van der Waals surface area contributed by atoms with Crippen molar-refractivity contribution in [2.45, 2.75) is 0 Å². The lowest BCUT2D eigenvalue weighted by Gasteiger charge is -2.14. The van der Waals surface area contributed by atoms with Gasteiger partial charge in [0.25, 0.3) is 0 Å². The van der Waals surface area contributed by atoms with Gasteiger partial charge in [-0.3, -0.25) is 0 Å². The molecule has 6 aromatic carbocycles. The standard InChI is InChI=1S/C32H21BO3/c34-33(35)32-30(21-10-5-2-6-11-21)29(20-8-3-1-4-9-20)31(36-32)26-19-17-24-15-14-22-12-7-13-23-16-18-25(26)28(24)27(22)23/h1-19,34-35H. The summed E-state index contributed by atoms with van der Waals surface area (Å²) < 4.78 is 6.39. The quantitative estimate of drug-likeness (QED) is 0.221. The van der Waals surface area contributed by atoms with Gasteiger partial charge in [-0.05, 0) is 49.5 Å². The molecule has 3 nitrogen and oxygen atoms in total. The number of rotatable bonds is 4. The van der Waals surface area contributed by atoms with Crippen molar-refractivity contribution in [3.63, 3.8) is 0 Å². The molecule has 4 heteroatoms. The molecule has 7 aromatic rings. The first-order chi connectivity index (χ1) is 17.7. The van der Waals surface area contributed by atoms with Crippen molar-refractivity contribution in [3.05, 3.63) is 115 Å². The maximum absolute atomic E-state index is 10.4. The van der Waals surface area contributed by atoms with Crippen molar-refractivity contribution in [1.82, 2.24) is 0 Å². The van der Waals surface area contributed by atoms with E-state index in [0.717, 1.165) is 33.0 Å². The Labute approximate surface area is 208 Å². The van der Waals surface area contributed by atoms with Gasteiger partial charge in [-0.25, -0.2) is 0 Å². The van der Waals surface area contributed by atoms with E-state index in [2.05, 4.69) is 54.6 Å². The second-order valence-electron chi connectivity index (χ2n) is 9.12. The van der Waals surface area contributed by atoms with E-state index >= 15 is 0 Å².